The third-order valence-electron chi connectivity index (χ3n) is 3.84. The van der Waals surface area contributed by atoms with Gasteiger partial charge in [-0.25, -0.2) is 4.98 Å². The minimum atomic E-state index is -0.181. The van der Waals surface area contributed by atoms with Gasteiger partial charge < -0.3 is 15.0 Å². The number of nitrogens with one attached hydrogen (secondary N) is 2. The number of ether oxygens (including phenoxy) is 1. The van der Waals surface area contributed by atoms with Gasteiger partial charge in [0.1, 0.15) is 0 Å². The Kier molecular flexibility index (Phi) is 3.91. The zero-order chi connectivity index (χ0) is 15.5. The van der Waals surface area contributed by atoms with Gasteiger partial charge in [0.25, 0.3) is 5.91 Å². The largest absolute Gasteiger partial charge is 0.481 e. The van der Waals surface area contributed by atoms with Crippen LogP contribution in [0.1, 0.15) is 40.5 Å². The van der Waals surface area contributed by atoms with Gasteiger partial charge in [-0.1, -0.05) is 0 Å². The number of hydrogen-bond acceptors (Lipinski definition) is 4. The zero-order valence-electron chi connectivity index (χ0n) is 12.3. The highest BCUT2D eigenvalue weighted by Gasteiger charge is 2.22. The second-order valence-electron chi connectivity index (χ2n) is 5.26. The number of aromatic nitrogens is 2. The molecule has 6 heteroatoms. The molecule has 0 aromatic carbocycles. The van der Waals surface area contributed by atoms with E-state index in [9.17, 15) is 9.59 Å². The maximum absolute atomic E-state index is 12.3. The van der Waals surface area contributed by atoms with E-state index in [4.69, 9.17) is 4.74 Å². The summed E-state index contributed by atoms with van der Waals surface area (Å²) in [6.07, 6.45) is 4.11. The summed E-state index contributed by atoms with van der Waals surface area (Å²) in [5.41, 5.74) is 2.28. The van der Waals surface area contributed by atoms with Crippen LogP contribution in [0.3, 0.4) is 0 Å². The molecule has 2 aromatic rings. The van der Waals surface area contributed by atoms with Crippen LogP contribution in [0, 0.1) is 0 Å². The predicted molar refractivity (Wildman–Crippen MR) is 81.0 cm³/mol. The molecule has 0 radical (unpaired) electrons. The summed E-state index contributed by atoms with van der Waals surface area (Å²) in [6.45, 7) is 0. The first kappa shape index (κ1) is 14.3. The van der Waals surface area contributed by atoms with E-state index in [1.165, 1.54) is 19.4 Å². The zero-order valence-corrected chi connectivity index (χ0v) is 12.3. The van der Waals surface area contributed by atoms with Gasteiger partial charge in [0, 0.05) is 24.0 Å². The van der Waals surface area contributed by atoms with E-state index in [-0.39, 0.29) is 17.5 Å². The summed E-state index contributed by atoms with van der Waals surface area (Å²) < 4.78 is 4.98. The van der Waals surface area contributed by atoms with Gasteiger partial charge in [-0.3, -0.25) is 9.59 Å². The van der Waals surface area contributed by atoms with Crippen molar-refractivity contribution in [2.24, 2.45) is 0 Å². The Morgan fingerprint density at radius 1 is 1.36 bits per heavy atom. The Hall–Kier alpha value is -2.63. The molecule has 0 aliphatic heterocycles. The van der Waals surface area contributed by atoms with Crippen molar-refractivity contribution in [3.05, 3.63) is 57.6 Å². The number of aromatic amines is 1. The average molecular weight is 299 g/mol. The Bertz CT molecular complexity index is 737. The third kappa shape index (κ3) is 2.86. The lowest BCUT2D eigenvalue weighted by atomic mass is 9.91. The topological polar surface area (TPSA) is 84.1 Å². The van der Waals surface area contributed by atoms with E-state index in [0.717, 1.165) is 30.5 Å². The lowest BCUT2D eigenvalue weighted by Crippen LogP contribution is -2.32. The number of hydrogen-bond donors (Lipinski definition) is 2. The number of H-pyrrole nitrogens is 1. The van der Waals surface area contributed by atoms with Crippen LogP contribution in [-0.4, -0.2) is 23.0 Å². The van der Waals surface area contributed by atoms with Crippen LogP contribution in [-0.2, 0) is 6.42 Å². The number of pyridine rings is 2. The highest BCUT2D eigenvalue weighted by atomic mass is 16.5. The number of amides is 1. The van der Waals surface area contributed by atoms with Crippen LogP contribution in [0.15, 0.2) is 35.3 Å². The van der Waals surface area contributed by atoms with Crippen LogP contribution in [0.25, 0.3) is 0 Å². The molecule has 22 heavy (non-hydrogen) atoms. The number of rotatable bonds is 3. The van der Waals surface area contributed by atoms with Crippen LogP contribution in [0.4, 0.5) is 0 Å². The Balaban J connectivity index is 1.78. The molecule has 1 amide bonds. The highest BCUT2D eigenvalue weighted by molar-refractivity contribution is 5.94. The smallest absolute Gasteiger partial charge is 0.253 e. The van der Waals surface area contributed by atoms with Gasteiger partial charge in [-0.05, 0) is 37.0 Å². The monoisotopic (exact) mass is 299 g/mol. The fraction of sp³-hybridized carbons (Fsp3) is 0.312. The van der Waals surface area contributed by atoms with Crippen molar-refractivity contribution in [2.45, 2.75) is 25.3 Å². The van der Waals surface area contributed by atoms with Crippen molar-refractivity contribution < 1.29 is 9.53 Å². The summed E-state index contributed by atoms with van der Waals surface area (Å²) in [7, 11) is 1.53. The molecule has 0 bridgehead atoms. The number of carbonyl (C=O) groups is 1. The first-order valence-electron chi connectivity index (χ1n) is 7.20. The van der Waals surface area contributed by atoms with Gasteiger partial charge in [0.2, 0.25) is 11.4 Å². The summed E-state index contributed by atoms with van der Waals surface area (Å²) in [5.74, 6) is 0.288. The van der Waals surface area contributed by atoms with Crippen molar-refractivity contribution >= 4 is 5.91 Å². The first-order chi connectivity index (χ1) is 10.7. The van der Waals surface area contributed by atoms with Crippen molar-refractivity contribution in [1.82, 2.24) is 15.3 Å². The van der Waals surface area contributed by atoms with Gasteiger partial charge in [0.05, 0.1) is 18.7 Å². The summed E-state index contributed by atoms with van der Waals surface area (Å²) in [5, 5.41) is 3.01. The second-order valence-corrected chi connectivity index (χ2v) is 5.26. The van der Waals surface area contributed by atoms with Crippen molar-refractivity contribution in [3.8, 4) is 5.88 Å². The minimum absolute atomic E-state index is 0.0878. The Morgan fingerprint density at radius 3 is 2.95 bits per heavy atom. The van der Waals surface area contributed by atoms with Crippen molar-refractivity contribution in [1.29, 1.82) is 0 Å². The molecule has 1 aliphatic rings. The van der Waals surface area contributed by atoms with E-state index < -0.39 is 0 Å². The molecule has 2 aromatic heterocycles. The molecule has 0 fully saturated rings. The number of aryl methyl sites for hydroxylation is 1. The van der Waals surface area contributed by atoms with Gasteiger partial charge in [0.15, 0.2) is 0 Å². The van der Waals surface area contributed by atoms with Gasteiger partial charge >= 0.3 is 0 Å². The fourth-order valence-electron chi connectivity index (χ4n) is 2.73. The molecule has 2 heterocycles. The molecule has 0 spiro atoms. The third-order valence-corrected chi connectivity index (χ3v) is 3.84. The highest BCUT2D eigenvalue weighted by Crippen LogP contribution is 2.27. The summed E-state index contributed by atoms with van der Waals surface area (Å²) in [4.78, 5) is 30.6. The number of carbonyl (C=O) groups excluding carboxylic acids is 1. The molecule has 1 atom stereocenters. The fourth-order valence-corrected chi connectivity index (χ4v) is 2.73. The quantitative estimate of drug-likeness (QED) is 0.901. The van der Waals surface area contributed by atoms with E-state index in [0.29, 0.717) is 11.4 Å². The molecule has 1 unspecified atom stereocenters. The normalized spacial score (nSPS) is 16.7. The molecular weight excluding hydrogens is 282 g/mol. The minimum Gasteiger partial charge on any atom is -0.481 e. The van der Waals surface area contributed by atoms with E-state index in [1.807, 2.05) is 0 Å². The number of methoxy groups -OCH3 is 1. The van der Waals surface area contributed by atoms with Gasteiger partial charge in [-0.2, -0.15) is 0 Å². The molecular formula is C16H17N3O3. The van der Waals surface area contributed by atoms with Crippen LogP contribution in [0.2, 0.25) is 0 Å². The average Bonchev–Trinajstić information content (AvgIpc) is 2.55. The van der Waals surface area contributed by atoms with Crippen molar-refractivity contribution in [3.63, 3.8) is 0 Å². The van der Waals surface area contributed by atoms with E-state index >= 15 is 0 Å². The maximum Gasteiger partial charge on any atom is 0.253 e. The lowest BCUT2D eigenvalue weighted by molar-refractivity contribution is 0.0932. The molecule has 6 nitrogen and oxygen atoms in total. The first-order valence-corrected chi connectivity index (χ1v) is 7.20. The van der Waals surface area contributed by atoms with Gasteiger partial charge in [-0.15, -0.1) is 0 Å². The van der Waals surface area contributed by atoms with Crippen LogP contribution >= 0.6 is 0 Å². The molecule has 3 rings (SSSR count). The standard InChI is InChI=1S/C16H17N3O3/c1-22-15-8-5-10(9-17-15)16(21)19-13-4-2-3-12-11(13)6-7-14(20)18-12/h5-9,13H,2-4H2,1H3,(H,18,20)(H,19,21). The molecule has 0 saturated heterocycles. The molecule has 0 saturated carbocycles. The Labute approximate surface area is 127 Å². The molecule has 1 aliphatic carbocycles. The SMILES string of the molecule is COc1ccc(C(=O)NC2CCCc3[nH]c(=O)ccc32)cn1. The van der Waals surface area contributed by atoms with E-state index in [1.54, 1.807) is 18.2 Å². The number of fused-ring (bicyclic) bond motifs is 1. The second kappa shape index (κ2) is 6.01. The van der Waals surface area contributed by atoms with Crippen LogP contribution < -0.4 is 15.6 Å². The summed E-state index contributed by atoms with van der Waals surface area (Å²) in [6, 6.07) is 6.54. The summed E-state index contributed by atoms with van der Waals surface area (Å²) >= 11 is 0. The number of nitrogens with zero attached hydrogens (tertiary/aromatic N) is 1. The Morgan fingerprint density at radius 2 is 2.23 bits per heavy atom. The lowest BCUT2D eigenvalue weighted by Gasteiger charge is -2.25. The van der Waals surface area contributed by atoms with Crippen molar-refractivity contribution in [2.75, 3.05) is 7.11 Å². The van der Waals surface area contributed by atoms with Crippen LogP contribution in [0.5, 0.6) is 5.88 Å². The molecule has 114 valence electrons. The predicted octanol–water partition coefficient (Wildman–Crippen LogP) is 1.59. The molecule has 2 N–H and O–H groups in total. The maximum atomic E-state index is 12.3. The van der Waals surface area contributed by atoms with E-state index in [2.05, 4.69) is 15.3 Å².